The van der Waals surface area contributed by atoms with Crippen molar-refractivity contribution in [3.63, 3.8) is 0 Å². The number of hydrogen-bond donors (Lipinski definition) is 4. The molecule has 0 spiro atoms. The van der Waals surface area contributed by atoms with E-state index in [-0.39, 0.29) is 28.2 Å². The summed E-state index contributed by atoms with van der Waals surface area (Å²) in [7, 11) is 1.52. The van der Waals surface area contributed by atoms with E-state index in [1.54, 1.807) is 24.4 Å². The van der Waals surface area contributed by atoms with Crippen LogP contribution in [0.2, 0.25) is 5.02 Å². The molecule has 0 aliphatic carbocycles. The van der Waals surface area contributed by atoms with Crippen molar-refractivity contribution < 1.29 is 18.7 Å². The minimum absolute atomic E-state index is 0.0227. The first-order chi connectivity index (χ1) is 20.2. The fraction of sp³-hybridized carbons (Fsp3) is 0.267. The van der Waals surface area contributed by atoms with Crippen molar-refractivity contribution in [3.05, 3.63) is 89.9 Å². The van der Waals surface area contributed by atoms with E-state index in [1.165, 1.54) is 30.3 Å². The molecule has 42 heavy (non-hydrogen) atoms. The fourth-order valence-electron chi connectivity index (χ4n) is 4.89. The van der Waals surface area contributed by atoms with Crippen LogP contribution < -0.4 is 16.0 Å². The molecule has 0 unspecified atom stereocenters. The van der Waals surface area contributed by atoms with Gasteiger partial charge in [0.25, 0.3) is 5.91 Å². The van der Waals surface area contributed by atoms with Crippen molar-refractivity contribution in [2.75, 3.05) is 17.7 Å². The van der Waals surface area contributed by atoms with Crippen molar-refractivity contribution in [2.45, 2.75) is 38.6 Å². The second kappa shape index (κ2) is 12.5. The quantitative estimate of drug-likeness (QED) is 0.198. The molecule has 218 valence electrons. The lowest BCUT2D eigenvalue weighted by Gasteiger charge is -2.17. The maximum Gasteiger partial charge on any atom is 0.272 e. The van der Waals surface area contributed by atoms with E-state index in [0.29, 0.717) is 41.6 Å². The smallest absolute Gasteiger partial charge is 0.272 e. The number of ether oxygens (including phenoxy) is 1. The normalized spacial score (nSPS) is 17.1. The highest BCUT2D eigenvalue weighted by molar-refractivity contribution is 6.30. The highest BCUT2D eigenvalue weighted by Crippen LogP contribution is 2.33. The number of aromatic amines is 1. The molecule has 1 aliphatic heterocycles. The van der Waals surface area contributed by atoms with Gasteiger partial charge in [0.2, 0.25) is 5.91 Å². The van der Waals surface area contributed by atoms with E-state index in [1.807, 2.05) is 19.1 Å². The van der Waals surface area contributed by atoms with Gasteiger partial charge in [-0.3, -0.25) is 9.59 Å². The molecule has 2 amide bonds. The highest BCUT2D eigenvalue weighted by atomic mass is 35.5. The van der Waals surface area contributed by atoms with Gasteiger partial charge in [0.15, 0.2) is 11.7 Å². The Bertz CT molecular complexity index is 1630. The van der Waals surface area contributed by atoms with E-state index in [9.17, 15) is 14.0 Å². The standard InChI is InChI=1S/C30H31ClFN7O3/c1-17-6-4-8-22(38-30(41)25-15-39(16-34-25)26-9-5-7-21(31)28(26)32)29-33-14-24(37-29)20-11-10-19(35-18(2)42-3)13-23(20)36-27(40)12-17/h5,7,9-11,13-17,22,35H,2,4,6,8,12H2,1,3H3,(H,33,37)(H,36,40)(H,38,41)/t17-,22-/m0/s1. The Labute approximate surface area is 247 Å². The number of hydrogen-bond acceptors (Lipinski definition) is 6. The number of anilines is 2. The van der Waals surface area contributed by atoms with Gasteiger partial charge >= 0.3 is 0 Å². The van der Waals surface area contributed by atoms with Gasteiger partial charge in [0.1, 0.15) is 17.8 Å². The van der Waals surface area contributed by atoms with Crippen molar-refractivity contribution in [1.82, 2.24) is 24.8 Å². The Balaban J connectivity index is 1.42. The third-order valence-electron chi connectivity index (χ3n) is 7.09. The predicted molar refractivity (Wildman–Crippen MR) is 159 cm³/mol. The number of methoxy groups -OCH3 is 1. The van der Waals surface area contributed by atoms with Crippen molar-refractivity contribution in [1.29, 1.82) is 0 Å². The molecule has 2 bridgehead atoms. The van der Waals surface area contributed by atoms with Crippen molar-refractivity contribution >= 4 is 34.8 Å². The zero-order valence-electron chi connectivity index (χ0n) is 23.2. The SMILES string of the molecule is C=C(Nc1ccc2c(c1)NC(=O)C[C@@H](C)CCC[C@H](NC(=O)c1cn(-c3cccc(Cl)c3F)cn1)c1ncc-2[nH]1)OC. The molecule has 2 aromatic carbocycles. The lowest BCUT2D eigenvalue weighted by molar-refractivity contribution is -0.117. The van der Waals surface area contributed by atoms with Gasteiger partial charge in [-0.15, -0.1) is 0 Å². The molecule has 1 aliphatic rings. The number of rotatable bonds is 6. The van der Waals surface area contributed by atoms with Gasteiger partial charge in [0.05, 0.1) is 41.4 Å². The number of halogens is 2. The molecule has 0 saturated heterocycles. The molecule has 3 heterocycles. The van der Waals surface area contributed by atoms with Gasteiger partial charge in [0, 0.05) is 23.9 Å². The molecule has 0 saturated carbocycles. The van der Waals surface area contributed by atoms with Crippen molar-refractivity contribution in [3.8, 4) is 16.9 Å². The van der Waals surface area contributed by atoms with Gasteiger partial charge in [-0.2, -0.15) is 0 Å². The zero-order chi connectivity index (χ0) is 29.8. The molecule has 4 aromatic rings. The molecular formula is C30H31ClFN7O3. The molecule has 2 aromatic heterocycles. The second-order valence-corrected chi connectivity index (χ2v) is 10.7. The Morgan fingerprint density at radius 2 is 2.07 bits per heavy atom. The van der Waals surface area contributed by atoms with Crippen LogP contribution in [0.25, 0.3) is 16.9 Å². The predicted octanol–water partition coefficient (Wildman–Crippen LogP) is 6.20. The molecule has 4 N–H and O–H groups in total. The monoisotopic (exact) mass is 591 g/mol. The van der Waals surface area contributed by atoms with Crippen LogP contribution in [0.3, 0.4) is 0 Å². The number of benzene rings is 2. The average Bonchev–Trinajstić information content (AvgIpc) is 3.64. The topological polar surface area (TPSA) is 126 Å². The van der Waals surface area contributed by atoms with Crippen LogP contribution in [0.15, 0.2) is 67.6 Å². The fourth-order valence-corrected chi connectivity index (χ4v) is 5.06. The van der Waals surface area contributed by atoms with E-state index in [4.69, 9.17) is 16.3 Å². The molecule has 5 rings (SSSR count). The number of nitrogens with one attached hydrogen (secondary N) is 4. The van der Waals surface area contributed by atoms with E-state index in [0.717, 1.165) is 18.4 Å². The number of aromatic nitrogens is 4. The van der Waals surface area contributed by atoms with Gasteiger partial charge < -0.3 is 30.2 Å². The van der Waals surface area contributed by atoms with E-state index < -0.39 is 17.8 Å². The highest BCUT2D eigenvalue weighted by Gasteiger charge is 2.23. The Kier molecular flexibility index (Phi) is 8.58. The maximum absolute atomic E-state index is 14.5. The molecule has 12 heteroatoms. The largest absolute Gasteiger partial charge is 0.483 e. The molecule has 10 nitrogen and oxygen atoms in total. The summed E-state index contributed by atoms with van der Waals surface area (Å²) in [5.74, 6) is -0.0716. The van der Waals surface area contributed by atoms with E-state index >= 15 is 0 Å². The number of fused-ring (bicyclic) bond motifs is 4. The van der Waals surface area contributed by atoms with Gasteiger partial charge in [-0.1, -0.05) is 37.4 Å². The first-order valence-electron chi connectivity index (χ1n) is 13.5. The summed E-state index contributed by atoms with van der Waals surface area (Å²) in [6.45, 7) is 5.82. The number of amides is 2. The lowest BCUT2D eigenvalue weighted by Crippen LogP contribution is -2.29. The minimum Gasteiger partial charge on any atom is -0.483 e. The van der Waals surface area contributed by atoms with Crippen LogP contribution >= 0.6 is 11.6 Å². The Hall–Kier alpha value is -4.64. The number of carbonyl (C=O) groups excluding carboxylic acids is 2. The third-order valence-corrected chi connectivity index (χ3v) is 7.38. The van der Waals surface area contributed by atoms with Crippen LogP contribution in [0.1, 0.15) is 55.0 Å². The Morgan fingerprint density at radius 1 is 1.24 bits per heavy atom. The number of imidazole rings is 2. The van der Waals surface area contributed by atoms with Crippen LogP contribution in [0.4, 0.5) is 15.8 Å². The summed E-state index contributed by atoms with van der Waals surface area (Å²) >= 11 is 5.92. The first kappa shape index (κ1) is 28.9. The summed E-state index contributed by atoms with van der Waals surface area (Å²) in [6, 6.07) is 9.68. The van der Waals surface area contributed by atoms with E-state index in [2.05, 4.69) is 37.5 Å². The minimum atomic E-state index is -0.601. The Morgan fingerprint density at radius 3 is 2.88 bits per heavy atom. The molecular weight excluding hydrogens is 561 g/mol. The van der Waals surface area contributed by atoms with Crippen LogP contribution in [0, 0.1) is 11.7 Å². The third kappa shape index (κ3) is 6.46. The number of H-pyrrole nitrogens is 1. The molecule has 2 atom stereocenters. The summed E-state index contributed by atoms with van der Waals surface area (Å²) in [4.78, 5) is 38.3. The summed E-state index contributed by atoms with van der Waals surface area (Å²) < 4.78 is 21.1. The maximum atomic E-state index is 14.5. The summed E-state index contributed by atoms with van der Waals surface area (Å²) in [5.41, 5.74) is 3.00. The first-order valence-corrected chi connectivity index (χ1v) is 13.9. The lowest BCUT2D eigenvalue weighted by atomic mass is 9.97. The van der Waals surface area contributed by atoms with Gasteiger partial charge in [-0.25, -0.2) is 14.4 Å². The van der Waals surface area contributed by atoms with Crippen LogP contribution in [-0.4, -0.2) is 38.4 Å². The summed E-state index contributed by atoms with van der Waals surface area (Å²) in [6.07, 6.45) is 6.96. The van der Waals surface area contributed by atoms with Crippen LogP contribution in [-0.2, 0) is 9.53 Å². The average molecular weight is 592 g/mol. The molecule has 0 fully saturated rings. The van der Waals surface area contributed by atoms with Crippen molar-refractivity contribution in [2.24, 2.45) is 5.92 Å². The number of carbonyl (C=O) groups is 2. The number of nitrogens with zero attached hydrogens (tertiary/aromatic N) is 3. The van der Waals surface area contributed by atoms with Crippen LogP contribution in [0.5, 0.6) is 0 Å². The second-order valence-electron chi connectivity index (χ2n) is 10.2. The van der Waals surface area contributed by atoms with Gasteiger partial charge in [-0.05, 0) is 49.2 Å². The summed E-state index contributed by atoms with van der Waals surface area (Å²) in [5, 5.41) is 9.09. The molecule has 0 radical (unpaired) electrons. The zero-order valence-corrected chi connectivity index (χ0v) is 24.0.